The molecule has 6 aromatic rings. The van der Waals surface area contributed by atoms with Gasteiger partial charge in [-0.25, -0.2) is 0 Å². The molecule has 6 nitrogen and oxygen atoms in total. The van der Waals surface area contributed by atoms with Crippen molar-refractivity contribution in [2.75, 3.05) is 0 Å². The van der Waals surface area contributed by atoms with Gasteiger partial charge in [0.1, 0.15) is 0 Å². The van der Waals surface area contributed by atoms with Gasteiger partial charge < -0.3 is 0 Å². The molecule has 0 bridgehead atoms. The van der Waals surface area contributed by atoms with Crippen molar-refractivity contribution in [2.45, 2.75) is 159 Å². The molecule has 6 rings (SSSR count). The van der Waals surface area contributed by atoms with E-state index in [9.17, 15) is 0 Å². The van der Waals surface area contributed by atoms with Crippen molar-refractivity contribution in [1.82, 2.24) is 13.7 Å². The van der Waals surface area contributed by atoms with Gasteiger partial charge in [0.15, 0.2) is 0 Å². The first-order valence-corrected chi connectivity index (χ1v) is 36.7. The Kier molecular flexibility index (Phi) is 15.7. The summed E-state index contributed by atoms with van der Waals surface area (Å²) < 4.78 is 31.9. The van der Waals surface area contributed by atoms with E-state index in [0.717, 1.165) is 38.9 Å². The topological polar surface area (TPSA) is 42.5 Å². The molecule has 332 valence electrons. The summed E-state index contributed by atoms with van der Waals surface area (Å²) in [5, 5.41) is 3.94. The fraction of sp³-hybridized carbons (Fsp3) is 0.529. The maximum atomic E-state index is 6.63. The Morgan fingerprint density at radius 3 is 0.918 bits per heavy atom. The minimum absolute atomic E-state index is 0.104. The van der Waals surface area contributed by atoms with Crippen LogP contribution >= 0.6 is 0 Å². The van der Waals surface area contributed by atoms with Gasteiger partial charge >= 0.3 is 385 Å². The summed E-state index contributed by atoms with van der Waals surface area (Å²) in [6, 6.07) is 29.2. The summed E-state index contributed by atoms with van der Waals surface area (Å²) in [6.07, 6.45) is 10.7. The number of aryl methyl sites for hydroxylation is 3. The first-order chi connectivity index (χ1) is 28.6. The Labute approximate surface area is 382 Å². The number of rotatable bonds is 18. The number of benzene rings is 3. The molecule has 0 aliphatic heterocycles. The van der Waals surface area contributed by atoms with Gasteiger partial charge in [0.25, 0.3) is 0 Å². The van der Waals surface area contributed by atoms with Crippen molar-refractivity contribution in [3.05, 3.63) is 91.4 Å². The Morgan fingerprint density at radius 1 is 0.426 bits per heavy atom. The molecule has 3 atom stereocenters. The summed E-state index contributed by atoms with van der Waals surface area (Å²) >= 11 is -2.92. The first-order valence-electron chi connectivity index (χ1n) is 23.1. The van der Waals surface area contributed by atoms with Crippen LogP contribution < -0.4 is 9.81 Å². The van der Waals surface area contributed by atoms with Gasteiger partial charge in [0, 0.05) is 0 Å². The Morgan fingerprint density at radius 2 is 0.689 bits per heavy atom. The Bertz CT molecular complexity index is 2100. The second-order valence-electron chi connectivity index (χ2n) is 21.6. The fourth-order valence-electron chi connectivity index (χ4n) is 8.84. The van der Waals surface area contributed by atoms with Crippen molar-refractivity contribution in [1.29, 1.82) is 0 Å². The number of fused-ring (bicyclic) bond motifs is 3. The van der Waals surface area contributed by atoms with Crippen LogP contribution in [0, 0.1) is 16.2 Å². The minimum atomic E-state index is -2.92. The van der Waals surface area contributed by atoms with Gasteiger partial charge in [0.05, 0.1) is 0 Å². The fourth-order valence-corrected chi connectivity index (χ4v) is 21.5. The van der Waals surface area contributed by atoms with Gasteiger partial charge in [-0.2, -0.15) is 0 Å². The monoisotopic (exact) mass is 1070 g/mol. The predicted octanol–water partition coefficient (Wildman–Crippen LogP) is 10.5. The van der Waals surface area contributed by atoms with E-state index in [1.54, 1.807) is 0 Å². The predicted molar refractivity (Wildman–Crippen MR) is 274 cm³/mol. The number of hydrogen-bond donors (Lipinski definition) is 0. The zero-order valence-corrected chi connectivity index (χ0v) is 47.3. The van der Waals surface area contributed by atoms with Crippen LogP contribution in [0.2, 0.25) is 39.3 Å². The molecule has 3 aromatic heterocycles. The van der Waals surface area contributed by atoms with Crippen LogP contribution in [-0.2, 0) is 32.9 Å². The zero-order chi connectivity index (χ0) is 44.4. The number of aromatic nitrogens is 3. The molecular formula is C51H78BiN3O3Si3. The molecule has 0 fully saturated rings. The number of hydrogen-bond acceptors (Lipinski definition) is 3. The van der Waals surface area contributed by atoms with Gasteiger partial charge in [-0.3, -0.25) is 0 Å². The van der Waals surface area contributed by atoms with Crippen LogP contribution in [0.3, 0.4) is 0 Å². The summed E-state index contributed by atoms with van der Waals surface area (Å²) in [5.41, 5.74) is 4.33. The summed E-state index contributed by atoms with van der Waals surface area (Å²) in [4.78, 5) is 0. The summed E-state index contributed by atoms with van der Waals surface area (Å²) in [6.45, 7) is 37.6. The van der Waals surface area contributed by atoms with Crippen LogP contribution in [0.4, 0.5) is 0 Å². The summed E-state index contributed by atoms with van der Waals surface area (Å²) in [5.74, 6) is 0. The Balaban J connectivity index is 1.42. The normalized spacial score (nSPS) is 14.8. The third kappa shape index (κ3) is 12.3. The van der Waals surface area contributed by atoms with Gasteiger partial charge in [-0.15, -0.1) is 0 Å². The van der Waals surface area contributed by atoms with E-state index in [1.807, 2.05) is 0 Å². The number of nitrogens with zero attached hydrogens (tertiary/aromatic N) is 3. The quantitative estimate of drug-likeness (QED) is 0.0806. The molecule has 0 aliphatic carbocycles. The molecule has 3 heterocycles. The molecule has 3 unspecified atom stereocenters. The van der Waals surface area contributed by atoms with E-state index >= 15 is 0 Å². The second kappa shape index (κ2) is 19.8. The second-order valence-corrected chi connectivity index (χ2v) is 37.3. The van der Waals surface area contributed by atoms with Crippen molar-refractivity contribution >= 4 is 91.4 Å². The molecule has 3 aromatic carbocycles. The van der Waals surface area contributed by atoms with E-state index in [-0.39, 0.29) is 34.6 Å². The van der Waals surface area contributed by atoms with Crippen molar-refractivity contribution in [3.63, 3.8) is 0 Å². The molecule has 0 spiro atoms. The molecule has 10 heteroatoms. The van der Waals surface area contributed by atoms with Crippen LogP contribution in [0.5, 0.6) is 0 Å². The van der Waals surface area contributed by atoms with E-state index < -0.39 is 48.9 Å². The van der Waals surface area contributed by atoms with E-state index in [4.69, 9.17) is 13.3 Å². The molecule has 61 heavy (non-hydrogen) atoms. The Hall–Kier alpha value is -2.31. The average Bonchev–Trinajstić information content (AvgIpc) is 3.88. The summed E-state index contributed by atoms with van der Waals surface area (Å²) in [7, 11) is -3.53. The molecule has 0 aliphatic rings. The van der Waals surface area contributed by atoms with Crippen LogP contribution in [0.15, 0.2) is 91.4 Å². The van der Waals surface area contributed by atoms with Gasteiger partial charge in [0.2, 0.25) is 0 Å². The van der Waals surface area contributed by atoms with Gasteiger partial charge in [-0.05, 0) is 0 Å². The maximum absolute atomic E-state index is 6.63. The average molecular weight is 1070 g/mol. The molecular weight excluding hydrogens is 996 g/mol. The third-order valence-electron chi connectivity index (χ3n) is 12.2. The van der Waals surface area contributed by atoms with Crippen LogP contribution in [0.1, 0.15) is 81.6 Å². The van der Waals surface area contributed by atoms with Crippen molar-refractivity contribution in [2.24, 2.45) is 16.2 Å². The molecule has 0 N–H and O–H groups in total. The van der Waals surface area contributed by atoms with Crippen molar-refractivity contribution < 1.29 is 13.3 Å². The SMILES string of the molecule is C[SiH](C)OC(CCn1ccc2cc[c]([Bi]([c]3ccc4ccn(CCC(O[SiH](C)C)C(C)(C)C)c4c3)[c]3ccc4ccn(CCC(O[SiH](C)C)C(C)(C)C)c4c3)cc21)C(C)(C)C. The van der Waals surface area contributed by atoms with Gasteiger partial charge in [-0.1, -0.05) is 0 Å². The van der Waals surface area contributed by atoms with Crippen LogP contribution in [-0.4, -0.2) is 80.9 Å². The van der Waals surface area contributed by atoms with E-state index in [1.165, 1.54) is 42.5 Å². The van der Waals surface area contributed by atoms with E-state index in [0.29, 0.717) is 0 Å². The molecule has 0 radical (unpaired) electrons. The van der Waals surface area contributed by atoms with Crippen molar-refractivity contribution in [3.8, 4) is 0 Å². The molecule has 0 amide bonds. The van der Waals surface area contributed by atoms with Crippen LogP contribution in [0.25, 0.3) is 32.7 Å². The van der Waals surface area contributed by atoms with E-state index in [2.05, 4.69) is 207 Å². The third-order valence-corrected chi connectivity index (χ3v) is 24.0. The molecule has 0 saturated carbocycles. The first kappa shape index (κ1) is 48.2. The standard InChI is InChI=1S/3C17H26NOSi.Bi/c3*1-17(2,3)16(19-20(4)5)11-13-18-12-10-14-8-6-7-9-15(14)18;/h3*6,8-10,12,16,20H,11,13H2,1-5H3;. The molecule has 0 saturated heterocycles. The zero-order valence-electron chi connectivity index (χ0n) is 40.4.